The molecule has 0 bridgehead atoms. The Bertz CT molecular complexity index is 158. The van der Waals surface area contributed by atoms with Crippen LogP contribution >= 0.6 is 11.8 Å². The highest BCUT2D eigenvalue weighted by atomic mass is 32.2. The van der Waals surface area contributed by atoms with Crippen LogP contribution in [0, 0.1) is 0 Å². The molecule has 0 radical (unpaired) electrons. The van der Waals surface area contributed by atoms with Gasteiger partial charge in [0.25, 0.3) is 0 Å². The van der Waals surface area contributed by atoms with E-state index in [0.29, 0.717) is 0 Å². The van der Waals surface area contributed by atoms with Crippen molar-refractivity contribution in [3.8, 4) is 0 Å². The molecule has 13 heavy (non-hydrogen) atoms. The van der Waals surface area contributed by atoms with Crippen LogP contribution in [-0.2, 0) is 0 Å². The molecule has 1 rings (SSSR count). The normalized spacial score (nSPS) is 42.2. The Morgan fingerprint density at radius 1 is 1.15 bits per heavy atom. The van der Waals surface area contributed by atoms with Crippen LogP contribution in [0.15, 0.2) is 0 Å². The van der Waals surface area contributed by atoms with Gasteiger partial charge in [-0.3, -0.25) is 4.90 Å². The second-order valence-electron chi connectivity index (χ2n) is 4.17. The lowest BCUT2D eigenvalue weighted by Gasteiger charge is -2.45. The predicted octanol–water partition coefficient (Wildman–Crippen LogP) is 3.00. The molecule has 1 saturated heterocycles. The van der Waals surface area contributed by atoms with Gasteiger partial charge in [0.2, 0.25) is 0 Å². The topological polar surface area (TPSA) is 3.24 Å². The summed E-state index contributed by atoms with van der Waals surface area (Å²) in [6.45, 7) is 9.34. The van der Waals surface area contributed by atoms with Gasteiger partial charge < -0.3 is 0 Å². The molecule has 1 aliphatic rings. The highest BCUT2D eigenvalue weighted by Gasteiger charge is 2.35. The zero-order valence-electron chi connectivity index (χ0n) is 9.58. The second-order valence-corrected chi connectivity index (χ2v) is 5.79. The van der Waals surface area contributed by atoms with E-state index in [0.717, 1.165) is 22.6 Å². The molecular weight excluding hydrogens is 178 g/mol. The lowest BCUT2D eigenvalue weighted by atomic mass is 10.0. The van der Waals surface area contributed by atoms with Crippen molar-refractivity contribution in [2.75, 3.05) is 7.05 Å². The molecule has 2 unspecified atom stereocenters. The average Bonchev–Trinajstić information content (AvgIpc) is 2.13. The fourth-order valence-electron chi connectivity index (χ4n) is 2.29. The number of nitrogens with zero attached hydrogens (tertiary/aromatic N) is 1. The van der Waals surface area contributed by atoms with Gasteiger partial charge in [-0.25, -0.2) is 0 Å². The fraction of sp³-hybridized carbons (Fsp3) is 1.00. The third-order valence-electron chi connectivity index (χ3n) is 3.48. The van der Waals surface area contributed by atoms with Crippen molar-refractivity contribution >= 4 is 11.8 Å². The van der Waals surface area contributed by atoms with Gasteiger partial charge in [0.1, 0.15) is 0 Å². The van der Waals surface area contributed by atoms with E-state index in [9.17, 15) is 0 Å². The number of rotatable bonds is 2. The van der Waals surface area contributed by atoms with Gasteiger partial charge in [0.15, 0.2) is 0 Å². The summed E-state index contributed by atoms with van der Waals surface area (Å²) in [6, 6.07) is 1.53. The van der Waals surface area contributed by atoms with E-state index in [1.165, 1.54) is 12.8 Å². The summed E-state index contributed by atoms with van der Waals surface area (Å²) in [4.78, 5) is 2.58. The van der Waals surface area contributed by atoms with Crippen LogP contribution < -0.4 is 0 Å². The standard InChI is InChI=1S/C11H23NS/c1-6-10-11(7-2)13-9(4)8(3)12(10)5/h8-11H,6-7H2,1-5H3/t8?,9?,10-,11+/m0/s1. The molecule has 0 amide bonds. The molecule has 1 aliphatic heterocycles. The number of hydrogen-bond acceptors (Lipinski definition) is 2. The maximum absolute atomic E-state index is 2.58. The van der Waals surface area contributed by atoms with E-state index in [1.807, 2.05) is 0 Å². The van der Waals surface area contributed by atoms with Gasteiger partial charge in [0.05, 0.1) is 0 Å². The first-order valence-corrected chi connectivity index (χ1v) is 6.43. The quantitative estimate of drug-likeness (QED) is 0.675. The minimum Gasteiger partial charge on any atom is -0.299 e. The van der Waals surface area contributed by atoms with Crippen molar-refractivity contribution < 1.29 is 0 Å². The molecule has 0 saturated carbocycles. The van der Waals surface area contributed by atoms with E-state index < -0.39 is 0 Å². The molecule has 0 aromatic heterocycles. The van der Waals surface area contributed by atoms with E-state index in [1.54, 1.807) is 0 Å². The Morgan fingerprint density at radius 3 is 2.23 bits per heavy atom. The first-order chi connectivity index (χ1) is 6.11. The van der Waals surface area contributed by atoms with Crippen molar-refractivity contribution in [1.29, 1.82) is 0 Å². The summed E-state index contributed by atoms with van der Waals surface area (Å²) in [5.74, 6) is 0. The van der Waals surface area contributed by atoms with Crippen molar-refractivity contribution in [3.63, 3.8) is 0 Å². The van der Waals surface area contributed by atoms with Crippen LogP contribution in [0.4, 0.5) is 0 Å². The summed E-state index contributed by atoms with van der Waals surface area (Å²) in [5, 5.41) is 1.64. The minimum absolute atomic E-state index is 0.734. The Kier molecular flexibility index (Phi) is 4.11. The summed E-state index contributed by atoms with van der Waals surface area (Å²) in [5.41, 5.74) is 0. The van der Waals surface area contributed by atoms with Gasteiger partial charge in [0, 0.05) is 22.6 Å². The van der Waals surface area contributed by atoms with Gasteiger partial charge in [-0.2, -0.15) is 11.8 Å². The molecule has 4 atom stereocenters. The molecule has 1 heterocycles. The molecule has 0 spiro atoms. The summed E-state index contributed by atoms with van der Waals surface area (Å²) >= 11 is 2.19. The largest absolute Gasteiger partial charge is 0.299 e. The van der Waals surface area contributed by atoms with Gasteiger partial charge in [-0.15, -0.1) is 0 Å². The maximum Gasteiger partial charge on any atom is 0.0212 e. The van der Waals surface area contributed by atoms with Crippen molar-refractivity contribution in [3.05, 3.63) is 0 Å². The molecule has 0 N–H and O–H groups in total. The van der Waals surface area contributed by atoms with E-state index in [4.69, 9.17) is 0 Å². The van der Waals surface area contributed by atoms with Crippen molar-refractivity contribution in [2.45, 2.75) is 63.1 Å². The van der Waals surface area contributed by atoms with Crippen LogP contribution in [0.25, 0.3) is 0 Å². The number of thioether (sulfide) groups is 1. The first-order valence-electron chi connectivity index (χ1n) is 5.49. The second kappa shape index (κ2) is 4.70. The molecular formula is C11H23NS. The van der Waals surface area contributed by atoms with Crippen LogP contribution in [0.2, 0.25) is 0 Å². The molecule has 1 fully saturated rings. The Balaban J connectivity index is 2.69. The van der Waals surface area contributed by atoms with Crippen LogP contribution in [0.3, 0.4) is 0 Å². The highest BCUT2D eigenvalue weighted by Crippen LogP contribution is 2.36. The Hall–Kier alpha value is 0.310. The van der Waals surface area contributed by atoms with Gasteiger partial charge in [-0.05, 0) is 26.8 Å². The zero-order chi connectivity index (χ0) is 10.0. The molecule has 78 valence electrons. The third-order valence-corrected chi connectivity index (χ3v) is 5.30. The maximum atomic E-state index is 2.58. The molecule has 0 aromatic rings. The number of hydrogen-bond donors (Lipinski definition) is 0. The lowest BCUT2D eigenvalue weighted by Crippen LogP contribution is -2.52. The smallest absolute Gasteiger partial charge is 0.0212 e. The lowest BCUT2D eigenvalue weighted by molar-refractivity contribution is 0.161. The SMILES string of the molecule is CC[C@H]1SC(C)C(C)N(C)[C@H]1CC. The third kappa shape index (κ3) is 2.21. The van der Waals surface area contributed by atoms with Gasteiger partial charge in [-0.1, -0.05) is 20.8 Å². The summed E-state index contributed by atoms with van der Waals surface area (Å²) in [6.07, 6.45) is 2.60. The molecule has 0 aliphatic carbocycles. The molecule has 0 aromatic carbocycles. The monoisotopic (exact) mass is 201 g/mol. The Morgan fingerprint density at radius 2 is 1.77 bits per heavy atom. The van der Waals surface area contributed by atoms with E-state index >= 15 is 0 Å². The van der Waals surface area contributed by atoms with E-state index in [2.05, 4.69) is 51.4 Å². The van der Waals surface area contributed by atoms with Crippen molar-refractivity contribution in [1.82, 2.24) is 4.90 Å². The zero-order valence-corrected chi connectivity index (χ0v) is 10.4. The van der Waals surface area contributed by atoms with Crippen LogP contribution in [0.1, 0.15) is 40.5 Å². The van der Waals surface area contributed by atoms with E-state index in [-0.39, 0.29) is 0 Å². The molecule has 2 heteroatoms. The van der Waals surface area contributed by atoms with Crippen molar-refractivity contribution in [2.24, 2.45) is 0 Å². The van der Waals surface area contributed by atoms with Crippen LogP contribution in [-0.4, -0.2) is 34.5 Å². The highest BCUT2D eigenvalue weighted by molar-refractivity contribution is 8.00. The van der Waals surface area contributed by atoms with Crippen LogP contribution in [0.5, 0.6) is 0 Å². The summed E-state index contributed by atoms with van der Waals surface area (Å²) in [7, 11) is 2.29. The molecule has 1 nitrogen and oxygen atoms in total. The predicted molar refractivity (Wildman–Crippen MR) is 62.4 cm³/mol. The fourth-order valence-corrected chi connectivity index (χ4v) is 4.02. The first kappa shape index (κ1) is 11.4. The average molecular weight is 201 g/mol. The Labute approximate surface area is 87.3 Å². The van der Waals surface area contributed by atoms with Gasteiger partial charge >= 0.3 is 0 Å². The summed E-state index contributed by atoms with van der Waals surface area (Å²) < 4.78 is 0. The minimum atomic E-state index is 0.734.